The summed E-state index contributed by atoms with van der Waals surface area (Å²) in [6.07, 6.45) is -4.42. The molecule has 178 valence electrons. The van der Waals surface area contributed by atoms with Gasteiger partial charge in [-0.2, -0.15) is 23.3 Å². The Bertz CT molecular complexity index is 1310. The molecule has 1 N–H and O–H groups in total. The topological polar surface area (TPSA) is 72.3 Å². The first-order valence-electron chi connectivity index (χ1n) is 10.3. The van der Waals surface area contributed by atoms with Gasteiger partial charge in [0.15, 0.2) is 10.8 Å². The Labute approximate surface area is 197 Å². The zero-order chi connectivity index (χ0) is 24.5. The zero-order valence-corrected chi connectivity index (χ0v) is 19.5. The van der Waals surface area contributed by atoms with Crippen molar-refractivity contribution in [1.82, 2.24) is 20.1 Å². The summed E-state index contributed by atoms with van der Waals surface area (Å²) in [5.74, 6) is 0.409. The third-order valence-electron chi connectivity index (χ3n) is 5.15. The Morgan fingerprint density at radius 1 is 1.21 bits per heavy atom. The van der Waals surface area contributed by atoms with Crippen LogP contribution in [0.4, 0.5) is 18.3 Å². The summed E-state index contributed by atoms with van der Waals surface area (Å²) in [7, 11) is 3.34. The number of hydrogen-bond acceptors (Lipinski definition) is 6. The van der Waals surface area contributed by atoms with E-state index in [0.29, 0.717) is 16.3 Å². The lowest BCUT2D eigenvalue weighted by atomic mass is 10.1. The molecule has 0 atom stereocenters. The van der Waals surface area contributed by atoms with E-state index in [9.17, 15) is 18.0 Å². The monoisotopic (exact) mass is 489 g/mol. The van der Waals surface area contributed by atoms with Crippen LogP contribution in [0.25, 0.3) is 16.0 Å². The number of nitrogens with one attached hydrogen (secondary N) is 1. The van der Waals surface area contributed by atoms with E-state index in [1.807, 2.05) is 31.2 Å². The number of hydrogen-bond donors (Lipinski definition) is 1. The zero-order valence-electron chi connectivity index (χ0n) is 18.7. The highest BCUT2D eigenvalue weighted by Crippen LogP contribution is 2.32. The van der Waals surface area contributed by atoms with E-state index >= 15 is 0 Å². The lowest BCUT2D eigenvalue weighted by molar-refractivity contribution is -0.137. The summed E-state index contributed by atoms with van der Waals surface area (Å²) >= 11 is 1.42. The van der Waals surface area contributed by atoms with E-state index in [2.05, 4.69) is 15.4 Å². The average molecular weight is 490 g/mol. The van der Waals surface area contributed by atoms with E-state index in [4.69, 9.17) is 4.74 Å². The fourth-order valence-corrected chi connectivity index (χ4v) is 4.33. The second-order valence-electron chi connectivity index (χ2n) is 7.68. The van der Waals surface area contributed by atoms with E-state index in [-0.39, 0.29) is 19.0 Å². The van der Waals surface area contributed by atoms with Gasteiger partial charge in [-0.25, -0.2) is 4.68 Å². The largest absolute Gasteiger partial charge is 0.497 e. The quantitative estimate of drug-likeness (QED) is 0.412. The maximum atomic E-state index is 12.9. The molecule has 0 fully saturated rings. The minimum absolute atomic E-state index is 0.00196. The van der Waals surface area contributed by atoms with Crippen molar-refractivity contribution in [3.63, 3.8) is 0 Å². The van der Waals surface area contributed by atoms with Gasteiger partial charge >= 0.3 is 6.18 Å². The molecule has 0 unspecified atom stereocenters. The number of anilines is 1. The van der Waals surface area contributed by atoms with Crippen molar-refractivity contribution in [3.8, 4) is 11.4 Å². The molecular weight excluding hydrogens is 467 g/mol. The summed E-state index contributed by atoms with van der Waals surface area (Å²) < 4.78 is 46.5. The Hall–Kier alpha value is -3.60. The Balaban J connectivity index is 1.44. The maximum Gasteiger partial charge on any atom is 0.416 e. The van der Waals surface area contributed by atoms with Crippen molar-refractivity contribution in [3.05, 3.63) is 65.4 Å². The Morgan fingerprint density at radius 3 is 2.62 bits per heavy atom. The van der Waals surface area contributed by atoms with Crippen LogP contribution in [0.5, 0.6) is 5.75 Å². The molecule has 7 nitrogen and oxygen atoms in total. The third kappa shape index (κ3) is 4.98. The van der Waals surface area contributed by atoms with E-state index in [0.717, 1.165) is 34.0 Å². The normalized spacial score (nSPS) is 11.6. The molecule has 0 saturated carbocycles. The van der Waals surface area contributed by atoms with Crippen molar-refractivity contribution < 1.29 is 22.7 Å². The molecule has 34 heavy (non-hydrogen) atoms. The van der Waals surface area contributed by atoms with Crippen LogP contribution in [0.3, 0.4) is 0 Å². The van der Waals surface area contributed by atoms with Crippen molar-refractivity contribution in [1.29, 1.82) is 0 Å². The van der Waals surface area contributed by atoms with Crippen LogP contribution in [-0.2, 0) is 17.5 Å². The van der Waals surface area contributed by atoms with Gasteiger partial charge in [0.05, 0.1) is 35.3 Å². The van der Waals surface area contributed by atoms with Crippen molar-refractivity contribution >= 4 is 32.7 Å². The number of carbonyl (C=O) groups is 1. The summed E-state index contributed by atoms with van der Waals surface area (Å²) in [5, 5.41) is 7.87. The number of ether oxygens (including phenoxy) is 1. The molecule has 11 heteroatoms. The molecule has 2 aromatic carbocycles. The number of benzene rings is 2. The lowest BCUT2D eigenvalue weighted by Gasteiger charge is -2.15. The molecule has 0 spiro atoms. The number of nitrogens with zero attached hydrogens (tertiary/aromatic N) is 4. The number of carbonyl (C=O) groups excluding carboxylic acids is 1. The molecule has 4 rings (SSSR count). The van der Waals surface area contributed by atoms with E-state index in [1.165, 1.54) is 17.4 Å². The molecular formula is C23H22F3N5O2S. The summed E-state index contributed by atoms with van der Waals surface area (Å²) in [4.78, 5) is 18.8. The fourth-order valence-electron chi connectivity index (χ4n) is 3.39. The van der Waals surface area contributed by atoms with Crippen LogP contribution in [0.1, 0.15) is 16.8 Å². The minimum Gasteiger partial charge on any atom is -0.497 e. The highest BCUT2D eigenvalue weighted by molar-refractivity contribution is 7.22. The molecule has 0 bridgehead atoms. The third-order valence-corrected chi connectivity index (χ3v) is 6.41. The minimum atomic E-state index is -4.42. The predicted molar refractivity (Wildman–Crippen MR) is 125 cm³/mol. The molecule has 4 aromatic rings. The summed E-state index contributed by atoms with van der Waals surface area (Å²) in [6, 6.07) is 12.3. The SMILES string of the molecule is COc1ccc(-n2nc(C)c3sc(N(C)CC(=O)NCc4cccc(C(F)(F)F)c4)nc32)cc1. The number of methoxy groups -OCH3 is 1. The molecule has 2 aromatic heterocycles. The van der Waals surface area contributed by atoms with Crippen LogP contribution in [-0.4, -0.2) is 41.4 Å². The van der Waals surface area contributed by atoms with Gasteiger partial charge in [-0.3, -0.25) is 4.79 Å². The number of thiazole rings is 1. The average Bonchev–Trinajstić information content (AvgIpc) is 3.38. The van der Waals surface area contributed by atoms with Crippen LogP contribution in [0.2, 0.25) is 0 Å². The van der Waals surface area contributed by atoms with Crippen LogP contribution < -0.4 is 15.0 Å². The first-order chi connectivity index (χ1) is 16.2. The fraction of sp³-hybridized carbons (Fsp3) is 0.261. The summed E-state index contributed by atoms with van der Waals surface area (Å²) in [5.41, 5.74) is 1.96. The second-order valence-corrected chi connectivity index (χ2v) is 8.65. The molecule has 0 saturated heterocycles. The number of alkyl halides is 3. The number of likely N-dealkylation sites (N-methyl/N-ethyl adjacent to an activating group) is 1. The van der Waals surface area contributed by atoms with Crippen molar-refractivity contribution in [2.24, 2.45) is 0 Å². The predicted octanol–water partition coefficient (Wildman–Crippen LogP) is 4.57. The molecule has 0 aliphatic carbocycles. The number of fused-ring (bicyclic) bond motifs is 1. The number of amides is 1. The standard InChI is InChI=1S/C23H22F3N5O2S/c1-14-20-21(31(29-14)17-7-9-18(33-3)10-8-17)28-22(34-20)30(2)13-19(32)27-12-15-5-4-6-16(11-15)23(24,25)26/h4-11H,12-13H2,1-3H3,(H,27,32). The first-order valence-corrected chi connectivity index (χ1v) is 11.1. The van der Waals surface area contributed by atoms with Gasteiger partial charge in [-0.05, 0) is 48.9 Å². The van der Waals surface area contributed by atoms with Gasteiger partial charge < -0.3 is 15.0 Å². The van der Waals surface area contributed by atoms with Gasteiger partial charge in [0.1, 0.15) is 5.75 Å². The van der Waals surface area contributed by atoms with Crippen molar-refractivity contribution in [2.75, 3.05) is 25.6 Å². The summed E-state index contributed by atoms with van der Waals surface area (Å²) in [6.45, 7) is 1.90. The van der Waals surface area contributed by atoms with Gasteiger partial charge in [0, 0.05) is 13.6 Å². The van der Waals surface area contributed by atoms with Gasteiger partial charge in [0.2, 0.25) is 5.91 Å². The smallest absolute Gasteiger partial charge is 0.416 e. The van der Waals surface area contributed by atoms with Crippen LogP contribution in [0, 0.1) is 6.92 Å². The van der Waals surface area contributed by atoms with Gasteiger partial charge in [0.25, 0.3) is 0 Å². The maximum absolute atomic E-state index is 12.9. The lowest BCUT2D eigenvalue weighted by Crippen LogP contribution is -2.34. The molecule has 1 amide bonds. The highest BCUT2D eigenvalue weighted by atomic mass is 32.1. The van der Waals surface area contributed by atoms with Crippen molar-refractivity contribution in [2.45, 2.75) is 19.6 Å². The molecule has 0 radical (unpaired) electrons. The van der Waals surface area contributed by atoms with E-state index < -0.39 is 11.7 Å². The number of halogens is 3. The van der Waals surface area contributed by atoms with Gasteiger partial charge in [-0.1, -0.05) is 23.5 Å². The highest BCUT2D eigenvalue weighted by Gasteiger charge is 2.30. The van der Waals surface area contributed by atoms with Gasteiger partial charge in [-0.15, -0.1) is 0 Å². The molecule has 0 aliphatic heterocycles. The molecule has 0 aliphatic rings. The van der Waals surface area contributed by atoms with Crippen LogP contribution >= 0.6 is 11.3 Å². The first kappa shape index (κ1) is 23.6. The number of aryl methyl sites for hydroxylation is 1. The number of aromatic nitrogens is 3. The second kappa shape index (κ2) is 9.34. The Morgan fingerprint density at radius 2 is 1.94 bits per heavy atom. The Kier molecular flexibility index (Phi) is 6.47. The van der Waals surface area contributed by atoms with E-state index in [1.54, 1.807) is 29.8 Å². The number of rotatable bonds is 7. The van der Waals surface area contributed by atoms with Crippen LogP contribution in [0.15, 0.2) is 48.5 Å². The molecule has 2 heterocycles.